The van der Waals surface area contributed by atoms with Crippen molar-refractivity contribution in [3.05, 3.63) is 71.5 Å². The van der Waals surface area contributed by atoms with Gasteiger partial charge in [-0.05, 0) is 31.0 Å². The normalized spacial score (nSPS) is 16.4. The van der Waals surface area contributed by atoms with Crippen molar-refractivity contribution in [2.75, 3.05) is 20.1 Å². The summed E-state index contributed by atoms with van der Waals surface area (Å²) in [5, 5.41) is 9.99. The summed E-state index contributed by atoms with van der Waals surface area (Å²) in [7, 11) is 1.58. The summed E-state index contributed by atoms with van der Waals surface area (Å²) in [5.41, 5.74) is 1.97. The fraction of sp³-hybridized carbons (Fsp3) is 0.273. The molecule has 0 saturated carbocycles. The first-order valence-electron chi connectivity index (χ1n) is 9.75. The van der Waals surface area contributed by atoms with Crippen LogP contribution in [0.25, 0.3) is 11.4 Å². The molecule has 3 aromatic rings. The van der Waals surface area contributed by atoms with Gasteiger partial charge in [-0.2, -0.15) is 5.10 Å². The maximum absolute atomic E-state index is 13.0. The van der Waals surface area contributed by atoms with E-state index in [9.17, 15) is 9.59 Å². The zero-order valence-electron chi connectivity index (χ0n) is 16.3. The first-order valence-corrected chi connectivity index (χ1v) is 9.75. The van der Waals surface area contributed by atoms with Crippen LogP contribution in [0.5, 0.6) is 0 Å². The smallest absolute Gasteiger partial charge is 0.253 e. The van der Waals surface area contributed by atoms with Crippen molar-refractivity contribution in [3.63, 3.8) is 0 Å². The highest BCUT2D eigenvalue weighted by molar-refractivity contribution is 5.99. The average Bonchev–Trinajstić information content (AvgIpc) is 3.29. The van der Waals surface area contributed by atoms with E-state index in [0.29, 0.717) is 30.0 Å². The Morgan fingerprint density at radius 1 is 1.10 bits per heavy atom. The van der Waals surface area contributed by atoms with Crippen molar-refractivity contribution in [1.29, 1.82) is 0 Å². The monoisotopic (exact) mass is 389 g/mol. The molecule has 148 valence electrons. The van der Waals surface area contributed by atoms with E-state index in [4.69, 9.17) is 0 Å². The van der Waals surface area contributed by atoms with Gasteiger partial charge in [0.25, 0.3) is 11.8 Å². The number of benzene rings is 2. The van der Waals surface area contributed by atoms with E-state index in [-0.39, 0.29) is 17.7 Å². The lowest BCUT2D eigenvalue weighted by atomic mass is 9.96. The third-order valence-electron chi connectivity index (χ3n) is 5.23. The lowest BCUT2D eigenvalue weighted by Gasteiger charge is -2.31. The number of nitrogens with one attached hydrogen (secondary N) is 2. The molecular weight excluding hydrogens is 366 g/mol. The molecule has 0 aliphatic carbocycles. The molecule has 4 rings (SSSR count). The van der Waals surface area contributed by atoms with Gasteiger partial charge in [0, 0.05) is 42.7 Å². The Labute approximate surface area is 169 Å². The van der Waals surface area contributed by atoms with Gasteiger partial charge in [-0.15, -0.1) is 0 Å². The standard InChI is InChI=1S/C22H23N5O2/c1-23-21(28)16-9-5-10-17(13-16)22(29)27-12-6-11-18(14-27)20-24-19(25-26-20)15-7-3-2-4-8-15/h2-5,7-10,13,18H,6,11-12,14H2,1H3,(H,23,28)(H,24,25,26). The van der Waals surface area contributed by atoms with Crippen LogP contribution < -0.4 is 5.32 Å². The highest BCUT2D eigenvalue weighted by atomic mass is 16.2. The summed E-state index contributed by atoms with van der Waals surface area (Å²) < 4.78 is 0. The van der Waals surface area contributed by atoms with Gasteiger partial charge in [-0.25, -0.2) is 4.98 Å². The quantitative estimate of drug-likeness (QED) is 0.718. The molecule has 0 bridgehead atoms. The van der Waals surface area contributed by atoms with Gasteiger partial charge >= 0.3 is 0 Å². The Bertz CT molecular complexity index is 1010. The van der Waals surface area contributed by atoms with Crippen LogP contribution in [0.1, 0.15) is 45.3 Å². The minimum absolute atomic E-state index is 0.0664. The highest BCUT2D eigenvalue weighted by Gasteiger charge is 2.28. The SMILES string of the molecule is CNC(=O)c1cccc(C(=O)N2CCCC(c3nc(-c4ccccc4)n[nH]3)C2)c1. The van der Waals surface area contributed by atoms with Gasteiger partial charge < -0.3 is 10.2 Å². The van der Waals surface area contributed by atoms with Crippen LogP contribution in [0, 0.1) is 0 Å². The number of carbonyl (C=O) groups is 2. The lowest BCUT2D eigenvalue weighted by Crippen LogP contribution is -2.39. The molecule has 2 aromatic carbocycles. The minimum atomic E-state index is -0.203. The second kappa shape index (κ2) is 8.26. The average molecular weight is 389 g/mol. The third kappa shape index (κ3) is 4.03. The van der Waals surface area contributed by atoms with Gasteiger partial charge in [0.2, 0.25) is 0 Å². The van der Waals surface area contributed by atoms with E-state index < -0.39 is 0 Å². The maximum atomic E-state index is 13.0. The molecule has 2 N–H and O–H groups in total. The van der Waals surface area contributed by atoms with Crippen LogP contribution in [-0.4, -0.2) is 52.0 Å². The molecule has 2 heterocycles. The first-order chi connectivity index (χ1) is 14.2. The summed E-state index contributed by atoms with van der Waals surface area (Å²) in [4.78, 5) is 31.4. The Morgan fingerprint density at radius 2 is 1.90 bits per heavy atom. The fourth-order valence-electron chi connectivity index (χ4n) is 3.68. The van der Waals surface area contributed by atoms with Crippen LogP contribution >= 0.6 is 0 Å². The molecule has 1 fully saturated rings. The number of H-pyrrole nitrogens is 1. The van der Waals surface area contributed by atoms with Crippen molar-refractivity contribution in [2.24, 2.45) is 0 Å². The second-order valence-corrected chi connectivity index (χ2v) is 7.16. The van der Waals surface area contributed by atoms with E-state index in [1.165, 1.54) is 0 Å². The number of rotatable bonds is 4. The number of likely N-dealkylation sites (tertiary alicyclic amines) is 1. The summed E-state index contributed by atoms with van der Waals surface area (Å²) in [6, 6.07) is 16.7. The summed E-state index contributed by atoms with van der Waals surface area (Å²) in [5.74, 6) is 1.32. The molecule has 1 aliphatic heterocycles. The van der Waals surface area contributed by atoms with Crippen molar-refractivity contribution in [1.82, 2.24) is 25.4 Å². The molecule has 2 amide bonds. The fourth-order valence-corrected chi connectivity index (χ4v) is 3.68. The second-order valence-electron chi connectivity index (χ2n) is 7.16. The number of piperidine rings is 1. The van der Waals surface area contributed by atoms with E-state index in [0.717, 1.165) is 24.2 Å². The molecule has 1 saturated heterocycles. The Hall–Kier alpha value is -3.48. The molecule has 0 radical (unpaired) electrons. The van der Waals surface area contributed by atoms with Gasteiger partial charge in [0.1, 0.15) is 5.82 Å². The molecule has 0 spiro atoms. The molecule has 1 aliphatic rings. The van der Waals surface area contributed by atoms with Crippen LogP contribution in [0.15, 0.2) is 54.6 Å². The zero-order chi connectivity index (χ0) is 20.2. The van der Waals surface area contributed by atoms with E-state index in [1.54, 1.807) is 31.3 Å². The third-order valence-corrected chi connectivity index (χ3v) is 5.23. The number of nitrogens with zero attached hydrogens (tertiary/aromatic N) is 3. The predicted molar refractivity (Wildman–Crippen MR) is 110 cm³/mol. The number of amides is 2. The summed E-state index contributed by atoms with van der Waals surface area (Å²) in [6.45, 7) is 1.27. The molecule has 1 atom stereocenters. The maximum Gasteiger partial charge on any atom is 0.253 e. The van der Waals surface area contributed by atoms with Crippen molar-refractivity contribution < 1.29 is 9.59 Å². The number of aromatic nitrogens is 3. The zero-order valence-corrected chi connectivity index (χ0v) is 16.3. The molecular formula is C22H23N5O2. The van der Waals surface area contributed by atoms with Crippen molar-refractivity contribution >= 4 is 11.8 Å². The molecule has 7 nitrogen and oxygen atoms in total. The topological polar surface area (TPSA) is 91.0 Å². The summed E-state index contributed by atoms with van der Waals surface area (Å²) >= 11 is 0. The van der Waals surface area contributed by atoms with E-state index in [1.807, 2.05) is 35.2 Å². The minimum Gasteiger partial charge on any atom is -0.355 e. The van der Waals surface area contributed by atoms with Crippen LogP contribution in [0.3, 0.4) is 0 Å². The highest BCUT2D eigenvalue weighted by Crippen LogP contribution is 2.27. The van der Waals surface area contributed by atoms with Gasteiger partial charge in [-0.3, -0.25) is 14.7 Å². The number of carbonyl (C=O) groups excluding carboxylic acids is 2. The van der Waals surface area contributed by atoms with Crippen LogP contribution in [0.4, 0.5) is 0 Å². The number of hydrogen-bond acceptors (Lipinski definition) is 4. The first kappa shape index (κ1) is 18.9. The summed E-state index contributed by atoms with van der Waals surface area (Å²) in [6.07, 6.45) is 1.85. The van der Waals surface area contributed by atoms with Crippen LogP contribution in [-0.2, 0) is 0 Å². The van der Waals surface area contributed by atoms with Crippen LogP contribution in [0.2, 0.25) is 0 Å². The molecule has 1 aromatic heterocycles. The molecule has 1 unspecified atom stereocenters. The largest absolute Gasteiger partial charge is 0.355 e. The number of aromatic amines is 1. The van der Waals surface area contributed by atoms with Crippen molar-refractivity contribution in [3.8, 4) is 11.4 Å². The molecule has 7 heteroatoms. The lowest BCUT2D eigenvalue weighted by molar-refractivity contribution is 0.0704. The van der Waals surface area contributed by atoms with E-state index in [2.05, 4.69) is 20.5 Å². The Morgan fingerprint density at radius 3 is 2.69 bits per heavy atom. The molecule has 29 heavy (non-hydrogen) atoms. The van der Waals surface area contributed by atoms with Gasteiger partial charge in [-0.1, -0.05) is 36.4 Å². The van der Waals surface area contributed by atoms with Gasteiger partial charge in [0.05, 0.1) is 0 Å². The van der Waals surface area contributed by atoms with Crippen molar-refractivity contribution in [2.45, 2.75) is 18.8 Å². The van der Waals surface area contributed by atoms with Gasteiger partial charge in [0.15, 0.2) is 5.82 Å². The van der Waals surface area contributed by atoms with E-state index >= 15 is 0 Å². The number of hydrogen-bond donors (Lipinski definition) is 2. The predicted octanol–water partition coefficient (Wildman–Crippen LogP) is 2.85. The Balaban J connectivity index is 1.49. The Kier molecular flexibility index (Phi) is 5.37.